The first-order valence-electron chi connectivity index (χ1n) is 7.06. The summed E-state index contributed by atoms with van der Waals surface area (Å²) in [5.74, 6) is 0. The van der Waals surface area contributed by atoms with Crippen molar-refractivity contribution in [3.8, 4) is 0 Å². The van der Waals surface area contributed by atoms with Crippen LogP contribution in [-0.2, 0) is 0 Å². The third kappa shape index (κ3) is 2.28. The molecule has 0 atom stereocenters. The van der Waals surface area contributed by atoms with Crippen LogP contribution < -0.4 is 0 Å². The van der Waals surface area contributed by atoms with Crippen molar-refractivity contribution in [3.05, 3.63) is 54.1 Å². The second-order valence-electron chi connectivity index (χ2n) is 4.98. The molecule has 1 nitrogen and oxygen atoms in total. The van der Waals surface area contributed by atoms with E-state index in [0.717, 1.165) is 6.42 Å². The van der Waals surface area contributed by atoms with Crippen LogP contribution >= 0.6 is 0 Å². The molecular weight excluding hydrogens is 230 g/mol. The molecule has 0 unspecified atom stereocenters. The fourth-order valence-corrected chi connectivity index (χ4v) is 2.57. The molecule has 0 spiro atoms. The van der Waals surface area contributed by atoms with E-state index in [1.165, 1.54) is 40.2 Å². The molecule has 0 radical (unpaired) electrons. The van der Waals surface area contributed by atoms with Gasteiger partial charge < -0.3 is 4.98 Å². The quantitative estimate of drug-likeness (QED) is 0.585. The van der Waals surface area contributed by atoms with Crippen LogP contribution in [0.4, 0.5) is 0 Å². The molecule has 0 aliphatic heterocycles. The lowest BCUT2D eigenvalue weighted by Gasteiger charge is -1.97. The Morgan fingerprint density at radius 2 is 1.84 bits per heavy atom. The maximum Gasteiger partial charge on any atom is 0.0538 e. The Morgan fingerprint density at radius 3 is 2.74 bits per heavy atom. The van der Waals surface area contributed by atoms with Crippen molar-refractivity contribution < 1.29 is 0 Å². The van der Waals surface area contributed by atoms with E-state index in [0.29, 0.717) is 0 Å². The third-order valence-electron chi connectivity index (χ3n) is 3.60. The van der Waals surface area contributed by atoms with Crippen molar-refractivity contribution in [2.24, 2.45) is 0 Å². The van der Waals surface area contributed by atoms with Gasteiger partial charge in [-0.15, -0.1) is 0 Å². The van der Waals surface area contributed by atoms with Gasteiger partial charge in [-0.2, -0.15) is 0 Å². The predicted octanol–water partition coefficient (Wildman–Crippen LogP) is 5.52. The minimum absolute atomic E-state index is 1.16. The van der Waals surface area contributed by atoms with Crippen LogP contribution in [0.25, 0.3) is 27.9 Å². The van der Waals surface area contributed by atoms with E-state index >= 15 is 0 Å². The zero-order chi connectivity index (χ0) is 13.1. The number of hydrogen-bond donors (Lipinski definition) is 1. The molecule has 0 saturated carbocycles. The summed E-state index contributed by atoms with van der Waals surface area (Å²) in [7, 11) is 0. The second kappa shape index (κ2) is 5.31. The number of para-hydroxylation sites is 2. The standard InChI is InChI=1S/C18H19N/c1-2-3-4-5-9-14-10-8-12-16-15-11-6-7-13-17(15)19-18(14)16/h5-13,19H,2-4H2,1H3. The molecule has 1 heterocycles. The number of aromatic nitrogens is 1. The molecule has 0 fully saturated rings. The molecule has 96 valence electrons. The van der Waals surface area contributed by atoms with E-state index in [4.69, 9.17) is 0 Å². The summed E-state index contributed by atoms with van der Waals surface area (Å²) in [5, 5.41) is 2.62. The molecule has 0 bridgehead atoms. The number of benzene rings is 2. The highest BCUT2D eigenvalue weighted by Gasteiger charge is 2.05. The van der Waals surface area contributed by atoms with Gasteiger partial charge in [0.25, 0.3) is 0 Å². The maximum absolute atomic E-state index is 3.54. The average molecular weight is 249 g/mol. The van der Waals surface area contributed by atoms with E-state index in [2.05, 4.69) is 66.5 Å². The lowest BCUT2D eigenvalue weighted by atomic mass is 10.1. The van der Waals surface area contributed by atoms with Gasteiger partial charge in [0.15, 0.2) is 0 Å². The van der Waals surface area contributed by atoms with E-state index in [-0.39, 0.29) is 0 Å². The van der Waals surface area contributed by atoms with Gasteiger partial charge in [-0.1, -0.05) is 68.3 Å². The largest absolute Gasteiger partial charge is 0.354 e. The first kappa shape index (κ1) is 12.0. The molecule has 0 amide bonds. The van der Waals surface area contributed by atoms with Crippen LogP contribution in [0.15, 0.2) is 48.5 Å². The van der Waals surface area contributed by atoms with Gasteiger partial charge in [0.1, 0.15) is 0 Å². The average Bonchev–Trinajstić information content (AvgIpc) is 2.83. The SMILES string of the molecule is CCCCC=Cc1cccc2c1[nH]c1ccccc12. The summed E-state index contributed by atoms with van der Waals surface area (Å²) in [4.78, 5) is 3.54. The minimum atomic E-state index is 1.16. The molecular formula is C18H19N. The van der Waals surface area contributed by atoms with E-state index in [1.807, 2.05) is 0 Å². The highest BCUT2D eigenvalue weighted by Crippen LogP contribution is 2.28. The Hall–Kier alpha value is -2.02. The van der Waals surface area contributed by atoms with Crippen molar-refractivity contribution in [2.75, 3.05) is 0 Å². The van der Waals surface area contributed by atoms with Gasteiger partial charge in [0, 0.05) is 16.3 Å². The summed E-state index contributed by atoms with van der Waals surface area (Å²) in [6, 6.07) is 15.0. The smallest absolute Gasteiger partial charge is 0.0538 e. The summed E-state index contributed by atoms with van der Waals surface area (Å²) in [5.41, 5.74) is 3.74. The topological polar surface area (TPSA) is 15.8 Å². The molecule has 3 rings (SSSR count). The van der Waals surface area contributed by atoms with Gasteiger partial charge >= 0.3 is 0 Å². The van der Waals surface area contributed by atoms with E-state index < -0.39 is 0 Å². The normalized spacial score (nSPS) is 11.8. The van der Waals surface area contributed by atoms with Crippen molar-refractivity contribution >= 4 is 27.9 Å². The summed E-state index contributed by atoms with van der Waals surface area (Å²) >= 11 is 0. The molecule has 19 heavy (non-hydrogen) atoms. The Kier molecular flexibility index (Phi) is 3.37. The van der Waals surface area contributed by atoms with Crippen LogP contribution in [0, 0.1) is 0 Å². The third-order valence-corrected chi connectivity index (χ3v) is 3.60. The Balaban J connectivity index is 2.07. The number of hydrogen-bond acceptors (Lipinski definition) is 0. The number of aromatic amines is 1. The lowest BCUT2D eigenvalue weighted by molar-refractivity contribution is 0.816. The summed E-state index contributed by atoms with van der Waals surface area (Å²) < 4.78 is 0. The molecule has 1 N–H and O–H groups in total. The fourth-order valence-electron chi connectivity index (χ4n) is 2.57. The van der Waals surface area contributed by atoms with E-state index in [9.17, 15) is 0 Å². The number of unbranched alkanes of at least 4 members (excludes halogenated alkanes) is 2. The van der Waals surface area contributed by atoms with Crippen molar-refractivity contribution in [1.29, 1.82) is 0 Å². The predicted molar refractivity (Wildman–Crippen MR) is 84.4 cm³/mol. The minimum Gasteiger partial charge on any atom is -0.354 e. The second-order valence-corrected chi connectivity index (χ2v) is 4.98. The summed E-state index contributed by atoms with van der Waals surface area (Å²) in [6.07, 6.45) is 8.20. The Morgan fingerprint density at radius 1 is 1.00 bits per heavy atom. The summed E-state index contributed by atoms with van der Waals surface area (Å²) in [6.45, 7) is 2.23. The zero-order valence-electron chi connectivity index (χ0n) is 11.3. The highest BCUT2D eigenvalue weighted by atomic mass is 14.7. The van der Waals surface area contributed by atoms with Gasteiger partial charge in [-0.25, -0.2) is 0 Å². The Labute approximate surface area is 114 Å². The number of rotatable bonds is 4. The lowest BCUT2D eigenvalue weighted by Crippen LogP contribution is -1.76. The molecule has 2 aromatic carbocycles. The van der Waals surface area contributed by atoms with Crippen LogP contribution in [0.3, 0.4) is 0 Å². The number of nitrogens with one attached hydrogen (secondary N) is 1. The van der Waals surface area contributed by atoms with Crippen molar-refractivity contribution in [3.63, 3.8) is 0 Å². The van der Waals surface area contributed by atoms with Crippen LogP contribution in [0.1, 0.15) is 31.7 Å². The van der Waals surface area contributed by atoms with Gasteiger partial charge in [-0.05, 0) is 18.1 Å². The Bertz CT molecular complexity index is 719. The molecule has 1 heteroatoms. The maximum atomic E-state index is 3.54. The first-order chi connectivity index (χ1) is 9.40. The van der Waals surface area contributed by atoms with Crippen LogP contribution in [-0.4, -0.2) is 4.98 Å². The molecule has 0 saturated heterocycles. The van der Waals surface area contributed by atoms with Gasteiger partial charge in [-0.3, -0.25) is 0 Å². The number of H-pyrrole nitrogens is 1. The molecule has 0 aliphatic rings. The molecule has 1 aromatic heterocycles. The highest BCUT2D eigenvalue weighted by molar-refractivity contribution is 6.09. The molecule has 0 aliphatic carbocycles. The van der Waals surface area contributed by atoms with Crippen molar-refractivity contribution in [2.45, 2.75) is 26.2 Å². The van der Waals surface area contributed by atoms with Crippen molar-refractivity contribution in [1.82, 2.24) is 4.98 Å². The number of fused-ring (bicyclic) bond motifs is 3. The van der Waals surface area contributed by atoms with Gasteiger partial charge in [0.2, 0.25) is 0 Å². The monoisotopic (exact) mass is 249 g/mol. The fraction of sp³-hybridized carbons (Fsp3) is 0.222. The molecule has 3 aromatic rings. The van der Waals surface area contributed by atoms with E-state index in [1.54, 1.807) is 0 Å². The van der Waals surface area contributed by atoms with Crippen LogP contribution in [0.5, 0.6) is 0 Å². The van der Waals surface area contributed by atoms with Gasteiger partial charge in [0.05, 0.1) is 5.52 Å². The first-order valence-corrected chi connectivity index (χ1v) is 7.06. The van der Waals surface area contributed by atoms with Crippen LogP contribution in [0.2, 0.25) is 0 Å². The number of allylic oxidation sites excluding steroid dienone is 1. The zero-order valence-corrected chi connectivity index (χ0v) is 11.3.